The fourth-order valence-electron chi connectivity index (χ4n) is 5.42. The van der Waals surface area contributed by atoms with Crippen molar-refractivity contribution in [3.63, 3.8) is 0 Å². The second-order valence-corrected chi connectivity index (χ2v) is 11.0. The largest absolute Gasteiger partial charge is 0.395 e. The third-order valence-corrected chi connectivity index (χ3v) is 7.38. The van der Waals surface area contributed by atoms with Gasteiger partial charge in [0.2, 0.25) is 5.91 Å². The highest BCUT2D eigenvalue weighted by Crippen LogP contribution is 2.48. The van der Waals surface area contributed by atoms with Crippen molar-refractivity contribution in [2.45, 2.75) is 84.2 Å². The lowest BCUT2D eigenvalue weighted by molar-refractivity contribution is -0.117. The second-order valence-electron chi connectivity index (χ2n) is 11.0. The fourth-order valence-corrected chi connectivity index (χ4v) is 5.42. The molecule has 7 nitrogen and oxygen atoms in total. The van der Waals surface area contributed by atoms with Crippen molar-refractivity contribution >= 4 is 11.6 Å². The number of aliphatic hydroxyl groups excluding tert-OH is 1. The van der Waals surface area contributed by atoms with Gasteiger partial charge >= 0.3 is 0 Å². The first-order chi connectivity index (χ1) is 16.3. The molecule has 1 aromatic carbocycles. The highest BCUT2D eigenvalue weighted by molar-refractivity contribution is 5.91. The Labute approximate surface area is 204 Å². The summed E-state index contributed by atoms with van der Waals surface area (Å²) in [6, 6.07) is 6.26. The number of aliphatic hydroxyl groups is 1. The van der Waals surface area contributed by atoms with E-state index in [1.54, 1.807) is 0 Å². The Bertz CT molecular complexity index is 991. The molecule has 0 spiro atoms. The van der Waals surface area contributed by atoms with Gasteiger partial charge in [0.1, 0.15) is 5.82 Å². The molecule has 0 bridgehead atoms. The summed E-state index contributed by atoms with van der Waals surface area (Å²) in [6.07, 6.45) is 6.22. The number of hydrogen-bond acceptors (Lipinski definition) is 5. The third kappa shape index (κ3) is 5.69. The van der Waals surface area contributed by atoms with Crippen LogP contribution in [0.3, 0.4) is 0 Å². The number of aryl methyl sites for hydroxylation is 2. The van der Waals surface area contributed by atoms with Crippen LogP contribution in [0.1, 0.15) is 93.1 Å². The summed E-state index contributed by atoms with van der Waals surface area (Å²) in [5.41, 5.74) is 3.07. The molecule has 1 atom stereocenters. The van der Waals surface area contributed by atoms with Crippen LogP contribution in [-0.4, -0.2) is 50.9 Å². The number of carbonyl (C=O) groups is 1. The Hall–Kier alpha value is -2.25. The van der Waals surface area contributed by atoms with Gasteiger partial charge in [-0.15, -0.1) is 10.2 Å². The number of likely N-dealkylation sites (N-methyl/N-ethyl adjacent to an activating group) is 1. The smallest absolute Gasteiger partial charge is 0.226 e. The molecule has 2 aliphatic carbocycles. The van der Waals surface area contributed by atoms with Gasteiger partial charge < -0.3 is 15.0 Å². The zero-order valence-corrected chi connectivity index (χ0v) is 21.4. The van der Waals surface area contributed by atoms with Crippen molar-refractivity contribution < 1.29 is 9.90 Å². The normalized spacial score (nSPS) is 21.1. The van der Waals surface area contributed by atoms with Crippen molar-refractivity contribution in [2.24, 2.45) is 11.8 Å². The zero-order chi connectivity index (χ0) is 24.4. The number of benzene rings is 1. The van der Waals surface area contributed by atoms with Crippen LogP contribution in [0.2, 0.25) is 0 Å². The van der Waals surface area contributed by atoms with Crippen LogP contribution in [-0.2, 0) is 4.79 Å². The van der Waals surface area contributed by atoms with Crippen LogP contribution in [0.15, 0.2) is 18.2 Å². The van der Waals surface area contributed by atoms with E-state index in [1.807, 2.05) is 37.9 Å². The summed E-state index contributed by atoms with van der Waals surface area (Å²) in [5, 5.41) is 22.1. The number of nitrogens with one attached hydrogen (secondary N) is 1. The minimum absolute atomic E-state index is 0.0373. The van der Waals surface area contributed by atoms with Crippen LogP contribution in [0.25, 0.3) is 0 Å². The molecular formula is C27H41N5O2. The van der Waals surface area contributed by atoms with Crippen LogP contribution in [0, 0.1) is 25.7 Å². The highest BCUT2D eigenvalue weighted by atomic mass is 16.3. The average Bonchev–Trinajstić information content (AvgIpc) is 3.49. The topological polar surface area (TPSA) is 83.3 Å². The van der Waals surface area contributed by atoms with E-state index in [4.69, 9.17) is 0 Å². The van der Waals surface area contributed by atoms with Gasteiger partial charge in [-0.25, -0.2) is 0 Å². The second kappa shape index (κ2) is 10.6. The minimum atomic E-state index is -0.230. The number of amides is 1. The summed E-state index contributed by atoms with van der Waals surface area (Å²) in [6.45, 7) is 9.17. The standard InChI is InChI=1S/C27H41N5O2/c1-17(2)12-20-14-21(15-20)26-29-30-27(32(26)22-7-8-22)24(31(5)10-11-33)16-25(34)28-23-9-6-18(3)13-19(23)4/h6,9,13,17,20-22,24,33H,7-8,10-12,14-16H2,1-5H3,(H,28,34)/t20?,21?,24-/m0/s1. The van der Waals surface area contributed by atoms with Gasteiger partial charge in [0.15, 0.2) is 5.82 Å². The summed E-state index contributed by atoms with van der Waals surface area (Å²) in [5.74, 6) is 3.92. The predicted molar refractivity (Wildman–Crippen MR) is 135 cm³/mol. The van der Waals surface area contributed by atoms with Gasteiger partial charge in [-0.05, 0) is 76.5 Å². The summed E-state index contributed by atoms with van der Waals surface area (Å²) in [7, 11) is 1.96. The Kier molecular flexibility index (Phi) is 7.73. The predicted octanol–water partition coefficient (Wildman–Crippen LogP) is 4.76. The van der Waals surface area contributed by atoms with E-state index in [-0.39, 0.29) is 25.0 Å². The van der Waals surface area contributed by atoms with Crippen molar-refractivity contribution in [1.29, 1.82) is 0 Å². The van der Waals surface area contributed by atoms with Crippen LogP contribution in [0.5, 0.6) is 0 Å². The summed E-state index contributed by atoms with van der Waals surface area (Å²) in [4.78, 5) is 15.2. The van der Waals surface area contributed by atoms with Crippen LogP contribution < -0.4 is 5.32 Å². The summed E-state index contributed by atoms with van der Waals surface area (Å²) >= 11 is 0. The fraction of sp³-hybridized carbons (Fsp3) is 0.667. The summed E-state index contributed by atoms with van der Waals surface area (Å²) < 4.78 is 2.35. The lowest BCUT2D eigenvalue weighted by Gasteiger charge is -2.36. The molecule has 1 heterocycles. The Morgan fingerprint density at radius 1 is 1.24 bits per heavy atom. The molecule has 2 aliphatic rings. The van der Waals surface area contributed by atoms with Gasteiger partial charge in [-0.1, -0.05) is 31.5 Å². The van der Waals surface area contributed by atoms with Gasteiger partial charge in [-0.3, -0.25) is 9.69 Å². The van der Waals surface area contributed by atoms with Crippen LogP contribution in [0.4, 0.5) is 5.69 Å². The molecule has 34 heavy (non-hydrogen) atoms. The van der Waals surface area contributed by atoms with E-state index < -0.39 is 0 Å². The first-order valence-corrected chi connectivity index (χ1v) is 12.9. The molecule has 0 saturated heterocycles. The number of aromatic nitrogens is 3. The number of nitrogens with zero attached hydrogens (tertiary/aromatic N) is 4. The van der Waals surface area contributed by atoms with E-state index in [1.165, 1.54) is 24.8 Å². The monoisotopic (exact) mass is 467 g/mol. The third-order valence-electron chi connectivity index (χ3n) is 7.38. The maximum Gasteiger partial charge on any atom is 0.226 e. The molecule has 2 aromatic rings. The number of carbonyl (C=O) groups excluding carboxylic acids is 1. The van der Waals surface area contributed by atoms with E-state index in [0.717, 1.165) is 47.6 Å². The first kappa shape index (κ1) is 24.9. The van der Waals surface area contributed by atoms with E-state index >= 15 is 0 Å². The molecule has 4 rings (SSSR count). The Morgan fingerprint density at radius 2 is 1.97 bits per heavy atom. The average molecular weight is 468 g/mol. The van der Waals surface area contributed by atoms with Gasteiger partial charge in [-0.2, -0.15) is 0 Å². The number of anilines is 1. The number of rotatable bonds is 11. The minimum Gasteiger partial charge on any atom is -0.395 e. The van der Waals surface area contributed by atoms with Crippen molar-refractivity contribution in [3.8, 4) is 0 Å². The molecule has 2 N–H and O–H groups in total. The highest BCUT2D eigenvalue weighted by Gasteiger charge is 2.40. The van der Waals surface area contributed by atoms with Crippen molar-refractivity contribution in [3.05, 3.63) is 41.0 Å². The van der Waals surface area contributed by atoms with Crippen LogP contribution >= 0.6 is 0 Å². The zero-order valence-electron chi connectivity index (χ0n) is 21.4. The molecule has 7 heteroatoms. The molecular weight excluding hydrogens is 426 g/mol. The quantitative estimate of drug-likeness (QED) is 0.498. The molecule has 1 aromatic heterocycles. The van der Waals surface area contributed by atoms with Gasteiger partial charge in [0, 0.05) is 30.6 Å². The maximum atomic E-state index is 13.1. The molecule has 0 unspecified atom stereocenters. The molecule has 2 saturated carbocycles. The molecule has 0 radical (unpaired) electrons. The number of hydrogen-bond donors (Lipinski definition) is 2. The van der Waals surface area contributed by atoms with E-state index in [0.29, 0.717) is 18.5 Å². The Balaban J connectivity index is 1.54. The molecule has 1 amide bonds. The van der Waals surface area contributed by atoms with Crippen molar-refractivity contribution in [2.75, 3.05) is 25.5 Å². The van der Waals surface area contributed by atoms with E-state index in [9.17, 15) is 9.90 Å². The lowest BCUT2D eigenvalue weighted by Crippen LogP contribution is -2.33. The Morgan fingerprint density at radius 3 is 2.59 bits per heavy atom. The molecule has 2 fully saturated rings. The van der Waals surface area contributed by atoms with E-state index in [2.05, 4.69) is 40.0 Å². The first-order valence-electron chi connectivity index (χ1n) is 12.9. The molecule has 186 valence electrons. The lowest BCUT2D eigenvalue weighted by atomic mass is 9.71. The van der Waals surface area contributed by atoms with Gasteiger partial charge in [0.25, 0.3) is 0 Å². The van der Waals surface area contributed by atoms with Crippen molar-refractivity contribution in [1.82, 2.24) is 19.7 Å². The van der Waals surface area contributed by atoms with Gasteiger partial charge in [0.05, 0.1) is 12.6 Å². The maximum absolute atomic E-state index is 13.1. The molecule has 0 aliphatic heterocycles. The SMILES string of the molecule is Cc1ccc(NC(=O)C[C@@H](c2nnc(C3CC(CC(C)C)C3)n2C2CC2)N(C)CCO)c(C)c1.